The summed E-state index contributed by atoms with van der Waals surface area (Å²) >= 11 is 0. The molecule has 1 unspecified atom stereocenters. The normalized spacial score (nSPS) is 20.8. The van der Waals surface area contributed by atoms with Crippen molar-refractivity contribution in [1.29, 1.82) is 0 Å². The van der Waals surface area contributed by atoms with E-state index in [1.165, 1.54) is 0 Å². The van der Waals surface area contributed by atoms with Gasteiger partial charge in [0, 0.05) is 31.8 Å². The van der Waals surface area contributed by atoms with Crippen LogP contribution in [0.4, 0.5) is 0 Å². The minimum atomic E-state index is 0.0320. The third-order valence-electron chi connectivity index (χ3n) is 2.32. The van der Waals surface area contributed by atoms with Crippen LogP contribution in [-0.4, -0.2) is 28.1 Å². The van der Waals surface area contributed by atoms with Crippen molar-refractivity contribution in [1.82, 2.24) is 9.78 Å². The van der Waals surface area contributed by atoms with E-state index in [9.17, 15) is 0 Å². The zero-order valence-corrected chi connectivity index (χ0v) is 8.40. The molecule has 76 valence electrons. The molecule has 2 N–H and O–H groups in total. The van der Waals surface area contributed by atoms with Crippen molar-refractivity contribution in [2.75, 3.05) is 6.54 Å². The summed E-state index contributed by atoms with van der Waals surface area (Å²) < 4.78 is 1.78. The van der Waals surface area contributed by atoms with Crippen molar-refractivity contribution in [3.63, 3.8) is 0 Å². The van der Waals surface area contributed by atoms with E-state index in [-0.39, 0.29) is 6.10 Å². The molecule has 2 rings (SSSR count). The van der Waals surface area contributed by atoms with E-state index in [1.54, 1.807) is 4.68 Å². The van der Waals surface area contributed by atoms with E-state index in [4.69, 9.17) is 10.6 Å². The van der Waals surface area contributed by atoms with Crippen LogP contribution in [0.15, 0.2) is 11.4 Å². The number of aryl methyl sites for hydroxylation is 2. The van der Waals surface area contributed by atoms with Crippen LogP contribution >= 0.6 is 0 Å². The molecule has 1 aromatic heterocycles. The van der Waals surface area contributed by atoms with Crippen molar-refractivity contribution in [3.05, 3.63) is 17.5 Å². The Morgan fingerprint density at radius 3 is 3.00 bits per heavy atom. The summed E-state index contributed by atoms with van der Waals surface area (Å²) in [6.07, 6.45) is 2.77. The molecule has 5 nitrogen and oxygen atoms in total. The summed E-state index contributed by atoms with van der Waals surface area (Å²) in [6, 6.07) is 0. The Morgan fingerprint density at radius 2 is 2.50 bits per heavy atom. The van der Waals surface area contributed by atoms with Gasteiger partial charge in [0.2, 0.25) is 0 Å². The van der Waals surface area contributed by atoms with Gasteiger partial charge in [-0.2, -0.15) is 5.10 Å². The predicted octanol–water partition coefficient (Wildman–Crippen LogP) is 0.180. The van der Waals surface area contributed by atoms with E-state index in [0.29, 0.717) is 6.54 Å². The zero-order chi connectivity index (χ0) is 10.1. The standard InChI is InChI=1S/C9H14N4O/c1-6-8(5-13(2)11-6)9-3-7(4-10)14-12-9/h5,7H,3-4,10H2,1-2H3. The van der Waals surface area contributed by atoms with Gasteiger partial charge in [-0.25, -0.2) is 0 Å². The quantitative estimate of drug-likeness (QED) is 0.730. The Labute approximate surface area is 82.5 Å². The first kappa shape index (κ1) is 9.21. The molecule has 2 heterocycles. The zero-order valence-electron chi connectivity index (χ0n) is 8.40. The van der Waals surface area contributed by atoms with Gasteiger partial charge in [-0.3, -0.25) is 4.68 Å². The second kappa shape index (κ2) is 3.42. The fourth-order valence-corrected chi connectivity index (χ4v) is 1.60. The summed E-state index contributed by atoms with van der Waals surface area (Å²) in [6.45, 7) is 2.47. The van der Waals surface area contributed by atoms with E-state index in [0.717, 1.165) is 23.4 Å². The highest BCUT2D eigenvalue weighted by atomic mass is 16.6. The fourth-order valence-electron chi connectivity index (χ4n) is 1.60. The molecule has 14 heavy (non-hydrogen) atoms. The number of nitrogens with zero attached hydrogens (tertiary/aromatic N) is 3. The first-order chi connectivity index (χ1) is 6.70. The molecule has 1 aliphatic rings. The maximum Gasteiger partial charge on any atom is 0.145 e. The first-order valence-corrected chi connectivity index (χ1v) is 4.64. The van der Waals surface area contributed by atoms with Crippen molar-refractivity contribution >= 4 is 5.71 Å². The topological polar surface area (TPSA) is 65.4 Å². The third-order valence-corrected chi connectivity index (χ3v) is 2.32. The van der Waals surface area contributed by atoms with Crippen molar-refractivity contribution in [3.8, 4) is 0 Å². The van der Waals surface area contributed by atoms with E-state index in [1.807, 2.05) is 20.2 Å². The van der Waals surface area contributed by atoms with Crippen LogP contribution in [0.1, 0.15) is 17.7 Å². The predicted molar refractivity (Wildman–Crippen MR) is 53.0 cm³/mol. The maximum absolute atomic E-state index is 5.50. The lowest BCUT2D eigenvalue weighted by Crippen LogP contribution is -2.20. The number of rotatable bonds is 2. The number of aromatic nitrogens is 2. The highest BCUT2D eigenvalue weighted by Crippen LogP contribution is 2.17. The smallest absolute Gasteiger partial charge is 0.145 e. The molecule has 0 spiro atoms. The summed E-state index contributed by atoms with van der Waals surface area (Å²) in [5.41, 5.74) is 8.49. The molecule has 0 amide bonds. The molecule has 0 fully saturated rings. The fraction of sp³-hybridized carbons (Fsp3) is 0.556. The summed E-state index contributed by atoms with van der Waals surface area (Å²) in [5, 5.41) is 8.27. The van der Waals surface area contributed by atoms with Crippen LogP contribution in [-0.2, 0) is 11.9 Å². The van der Waals surface area contributed by atoms with Gasteiger partial charge < -0.3 is 10.6 Å². The molecule has 1 atom stereocenters. The second-order valence-electron chi connectivity index (χ2n) is 3.51. The lowest BCUT2D eigenvalue weighted by molar-refractivity contribution is 0.0918. The van der Waals surface area contributed by atoms with Gasteiger partial charge in [-0.1, -0.05) is 5.16 Å². The summed E-state index contributed by atoms with van der Waals surface area (Å²) in [7, 11) is 1.90. The molecule has 0 saturated heterocycles. The Morgan fingerprint density at radius 1 is 1.71 bits per heavy atom. The Hall–Kier alpha value is -1.36. The van der Waals surface area contributed by atoms with Crippen LogP contribution in [0, 0.1) is 6.92 Å². The molecule has 1 aromatic rings. The third kappa shape index (κ3) is 1.50. The molecule has 0 radical (unpaired) electrons. The molecular formula is C9H14N4O. The van der Waals surface area contributed by atoms with E-state index < -0.39 is 0 Å². The van der Waals surface area contributed by atoms with E-state index >= 15 is 0 Å². The largest absolute Gasteiger partial charge is 0.390 e. The van der Waals surface area contributed by atoms with Crippen molar-refractivity contribution in [2.24, 2.45) is 17.9 Å². The first-order valence-electron chi connectivity index (χ1n) is 4.64. The van der Waals surface area contributed by atoms with Crippen LogP contribution in [0.3, 0.4) is 0 Å². The van der Waals surface area contributed by atoms with Crippen molar-refractivity contribution < 1.29 is 4.84 Å². The second-order valence-corrected chi connectivity index (χ2v) is 3.51. The Balaban J connectivity index is 2.21. The van der Waals surface area contributed by atoms with Gasteiger partial charge >= 0.3 is 0 Å². The summed E-state index contributed by atoms with van der Waals surface area (Å²) in [5.74, 6) is 0. The monoisotopic (exact) mass is 194 g/mol. The van der Waals surface area contributed by atoms with Crippen LogP contribution in [0.2, 0.25) is 0 Å². The van der Waals surface area contributed by atoms with Gasteiger partial charge in [-0.05, 0) is 6.92 Å². The molecule has 0 saturated carbocycles. The molecule has 5 heteroatoms. The molecule has 1 aliphatic heterocycles. The minimum Gasteiger partial charge on any atom is -0.390 e. The Kier molecular flexibility index (Phi) is 2.25. The number of nitrogens with two attached hydrogens (primary N) is 1. The number of oxime groups is 1. The van der Waals surface area contributed by atoms with Crippen LogP contribution < -0.4 is 5.73 Å². The van der Waals surface area contributed by atoms with Gasteiger partial charge in [-0.15, -0.1) is 0 Å². The summed E-state index contributed by atoms with van der Waals surface area (Å²) in [4.78, 5) is 5.16. The lowest BCUT2D eigenvalue weighted by atomic mass is 10.1. The number of hydrogen-bond donors (Lipinski definition) is 1. The van der Waals surface area contributed by atoms with Crippen LogP contribution in [0.5, 0.6) is 0 Å². The average Bonchev–Trinajstić information content (AvgIpc) is 2.71. The SMILES string of the molecule is Cc1nn(C)cc1C1=NOC(CN)C1. The van der Waals surface area contributed by atoms with Gasteiger partial charge in [0.25, 0.3) is 0 Å². The van der Waals surface area contributed by atoms with Crippen LogP contribution in [0.25, 0.3) is 0 Å². The highest BCUT2D eigenvalue weighted by Gasteiger charge is 2.22. The minimum absolute atomic E-state index is 0.0320. The molecule has 0 aliphatic carbocycles. The Bertz CT molecular complexity index is 369. The molecular weight excluding hydrogens is 180 g/mol. The maximum atomic E-state index is 5.50. The van der Waals surface area contributed by atoms with Gasteiger partial charge in [0.15, 0.2) is 0 Å². The van der Waals surface area contributed by atoms with Gasteiger partial charge in [0.05, 0.1) is 11.4 Å². The van der Waals surface area contributed by atoms with Crippen molar-refractivity contribution in [2.45, 2.75) is 19.4 Å². The lowest BCUT2D eigenvalue weighted by Gasteiger charge is -2.01. The highest BCUT2D eigenvalue weighted by molar-refractivity contribution is 6.01. The number of hydrogen-bond acceptors (Lipinski definition) is 4. The van der Waals surface area contributed by atoms with E-state index in [2.05, 4.69) is 10.3 Å². The van der Waals surface area contributed by atoms with Gasteiger partial charge in [0.1, 0.15) is 6.10 Å². The molecule has 0 bridgehead atoms. The average molecular weight is 194 g/mol. The molecule has 0 aromatic carbocycles.